The highest BCUT2D eigenvalue weighted by Gasteiger charge is 2.22. The van der Waals surface area contributed by atoms with Crippen molar-refractivity contribution < 1.29 is 18.0 Å². The maximum absolute atomic E-state index is 13.0. The van der Waals surface area contributed by atoms with Crippen LogP contribution in [-0.4, -0.2) is 23.0 Å². The second-order valence-corrected chi connectivity index (χ2v) is 4.72. The lowest BCUT2D eigenvalue weighted by molar-refractivity contribution is -0.110. The SMILES string of the molecule is CCC(=O)SCCC(F)CCC(C)(F)F. The number of thioether (sulfide) groups is 1. The van der Waals surface area contributed by atoms with Crippen LogP contribution in [0.2, 0.25) is 0 Å². The molecular weight excluding hydrogens is 225 g/mol. The molecule has 0 bridgehead atoms. The van der Waals surface area contributed by atoms with Crippen LogP contribution in [0.3, 0.4) is 0 Å². The molecular formula is C10H17F3OS. The molecule has 1 atom stereocenters. The van der Waals surface area contributed by atoms with Crippen LogP contribution in [0.4, 0.5) is 13.2 Å². The molecule has 15 heavy (non-hydrogen) atoms. The number of carbonyl (C=O) groups excluding carboxylic acids is 1. The van der Waals surface area contributed by atoms with E-state index in [0.29, 0.717) is 12.2 Å². The molecule has 0 N–H and O–H groups in total. The van der Waals surface area contributed by atoms with Gasteiger partial charge in [-0.2, -0.15) is 0 Å². The highest BCUT2D eigenvalue weighted by molar-refractivity contribution is 8.13. The van der Waals surface area contributed by atoms with Crippen molar-refractivity contribution in [3.63, 3.8) is 0 Å². The molecule has 0 aliphatic carbocycles. The van der Waals surface area contributed by atoms with Gasteiger partial charge in [0, 0.05) is 18.6 Å². The fraction of sp³-hybridized carbons (Fsp3) is 0.900. The quantitative estimate of drug-likeness (QED) is 0.675. The van der Waals surface area contributed by atoms with Crippen LogP contribution in [0.25, 0.3) is 0 Å². The summed E-state index contributed by atoms with van der Waals surface area (Å²) in [7, 11) is 0. The van der Waals surface area contributed by atoms with Crippen molar-refractivity contribution in [1.29, 1.82) is 0 Å². The van der Waals surface area contributed by atoms with Gasteiger partial charge in [0.25, 0.3) is 0 Å². The molecule has 0 spiro atoms. The standard InChI is InChI=1S/C10H17F3OS/c1-3-9(14)15-7-5-8(11)4-6-10(2,12)13/h8H,3-7H2,1-2H3. The predicted octanol–water partition coefficient (Wildman–Crippen LogP) is 3.82. The summed E-state index contributed by atoms with van der Waals surface area (Å²) < 4.78 is 37.8. The first-order valence-electron chi connectivity index (χ1n) is 5.02. The van der Waals surface area contributed by atoms with Gasteiger partial charge >= 0.3 is 0 Å². The van der Waals surface area contributed by atoms with Gasteiger partial charge in [0.1, 0.15) is 6.17 Å². The number of alkyl halides is 3. The van der Waals surface area contributed by atoms with E-state index < -0.39 is 18.5 Å². The summed E-state index contributed by atoms with van der Waals surface area (Å²) in [6, 6.07) is 0. The van der Waals surface area contributed by atoms with Crippen LogP contribution < -0.4 is 0 Å². The van der Waals surface area contributed by atoms with Gasteiger partial charge in [-0.15, -0.1) is 0 Å². The van der Waals surface area contributed by atoms with Crippen molar-refractivity contribution in [2.45, 2.75) is 51.6 Å². The first-order valence-corrected chi connectivity index (χ1v) is 6.01. The molecule has 0 aliphatic heterocycles. The summed E-state index contributed by atoms with van der Waals surface area (Å²) in [4.78, 5) is 10.8. The average Bonchev–Trinajstić information content (AvgIpc) is 2.13. The van der Waals surface area contributed by atoms with Gasteiger partial charge in [0.05, 0.1) is 0 Å². The molecule has 0 aromatic heterocycles. The van der Waals surface area contributed by atoms with E-state index >= 15 is 0 Å². The first-order chi connectivity index (χ1) is 6.85. The number of rotatable bonds is 7. The Morgan fingerprint density at radius 2 is 2.00 bits per heavy atom. The minimum absolute atomic E-state index is 0.0167. The zero-order valence-corrected chi connectivity index (χ0v) is 9.88. The second kappa shape index (κ2) is 7.14. The minimum atomic E-state index is -2.79. The third kappa shape index (κ3) is 10.1. The Kier molecular flexibility index (Phi) is 7.05. The van der Waals surface area contributed by atoms with Crippen molar-refractivity contribution in [2.75, 3.05) is 5.75 Å². The third-order valence-electron chi connectivity index (χ3n) is 1.88. The van der Waals surface area contributed by atoms with Crippen LogP contribution in [-0.2, 0) is 4.79 Å². The van der Waals surface area contributed by atoms with E-state index in [1.54, 1.807) is 6.92 Å². The molecule has 0 rings (SSSR count). The number of carbonyl (C=O) groups is 1. The third-order valence-corrected chi connectivity index (χ3v) is 2.93. The van der Waals surface area contributed by atoms with Gasteiger partial charge in [-0.1, -0.05) is 18.7 Å². The Balaban J connectivity index is 3.49. The second-order valence-electron chi connectivity index (χ2n) is 3.57. The average molecular weight is 242 g/mol. The lowest BCUT2D eigenvalue weighted by atomic mass is 10.1. The fourth-order valence-electron chi connectivity index (χ4n) is 0.957. The molecule has 0 fully saturated rings. The zero-order chi connectivity index (χ0) is 11.9. The van der Waals surface area contributed by atoms with E-state index in [-0.39, 0.29) is 18.0 Å². The Bertz CT molecular complexity index is 192. The monoisotopic (exact) mass is 242 g/mol. The normalized spacial score (nSPS) is 13.9. The molecule has 5 heteroatoms. The predicted molar refractivity (Wildman–Crippen MR) is 57.1 cm³/mol. The highest BCUT2D eigenvalue weighted by Crippen LogP contribution is 2.22. The van der Waals surface area contributed by atoms with Crippen molar-refractivity contribution >= 4 is 16.9 Å². The maximum atomic E-state index is 13.0. The van der Waals surface area contributed by atoms with Crippen molar-refractivity contribution in [3.8, 4) is 0 Å². The molecule has 0 aromatic rings. The lowest BCUT2D eigenvalue weighted by Crippen LogP contribution is -2.13. The van der Waals surface area contributed by atoms with E-state index in [1.807, 2.05) is 0 Å². The lowest BCUT2D eigenvalue weighted by Gasteiger charge is -2.12. The Hall–Kier alpha value is -0.190. The summed E-state index contributed by atoms with van der Waals surface area (Å²) >= 11 is 1.07. The summed E-state index contributed by atoms with van der Waals surface area (Å²) in [6.07, 6.45) is -1.19. The molecule has 90 valence electrons. The number of hydrogen-bond donors (Lipinski definition) is 0. The van der Waals surface area contributed by atoms with Gasteiger partial charge in [-0.05, 0) is 19.8 Å². The molecule has 0 aliphatic rings. The van der Waals surface area contributed by atoms with Crippen molar-refractivity contribution in [3.05, 3.63) is 0 Å². The van der Waals surface area contributed by atoms with Crippen molar-refractivity contribution in [1.82, 2.24) is 0 Å². The van der Waals surface area contributed by atoms with Crippen LogP contribution in [0, 0.1) is 0 Å². The Morgan fingerprint density at radius 1 is 1.40 bits per heavy atom. The minimum Gasteiger partial charge on any atom is -0.287 e. The van der Waals surface area contributed by atoms with E-state index in [9.17, 15) is 18.0 Å². The van der Waals surface area contributed by atoms with Crippen LogP contribution in [0.1, 0.15) is 39.5 Å². The first kappa shape index (κ1) is 14.8. The molecule has 0 saturated heterocycles. The maximum Gasteiger partial charge on any atom is 0.245 e. The molecule has 0 radical (unpaired) electrons. The zero-order valence-electron chi connectivity index (χ0n) is 9.06. The smallest absolute Gasteiger partial charge is 0.245 e. The van der Waals surface area contributed by atoms with E-state index in [4.69, 9.17) is 0 Å². The summed E-state index contributed by atoms with van der Waals surface area (Å²) in [5, 5.41) is 0.0167. The fourth-order valence-corrected chi connectivity index (χ4v) is 1.76. The van der Waals surface area contributed by atoms with Crippen molar-refractivity contribution in [2.24, 2.45) is 0 Å². The van der Waals surface area contributed by atoms with E-state index in [0.717, 1.165) is 18.7 Å². The summed E-state index contributed by atoms with van der Waals surface area (Å²) in [5.41, 5.74) is 0. The Labute approximate surface area is 92.8 Å². The van der Waals surface area contributed by atoms with E-state index in [2.05, 4.69) is 0 Å². The van der Waals surface area contributed by atoms with Gasteiger partial charge in [-0.3, -0.25) is 4.79 Å². The van der Waals surface area contributed by atoms with Gasteiger partial charge in [0.2, 0.25) is 5.92 Å². The van der Waals surface area contributed by atoms with Crippen LogP contribution in [0.5, 0.6) is 0 Å². The Morgan fingerprint density at radius 3 is 2.47 bits per heavy atom. The number of hydrogen-bond acceptors (Lipinski definition) is 2. The molecule has 0 heterocycles. The molecule has 0 amide bonds. The summed E-state index contributed by atoms with van der Waals surface area (Å²) in [5.74, 6) is -2.42. The van der Waals surface area contributed by atoms with Gasteiger partial charge in [-0.25, -0.2) is 13.2 Å². The summed E-state index contributed by atoms with van der Waals surface area (Å²) in [6.45, 7) is 2.52. The largest absolute Gasteiger partial charge is 0.287 e. The van der Waals surface area contributed by atoms with Gasteiger partial charge in [0.15, 0.2) is 5.12 Å². The number of halogens is 3. The molecule has 0 saturated carbocycles. The van der Waals surface area contributed by atoms with Gasteiger partial charge < -0.3 is 0 Å². The molecule has 1 nitrogen and oxygen atoms in total. The molecule has 0 aromatic carbocycles. The van der Waals surface area contributed by atoms with Crippen LogP contribution in [0.15, 0.2) is 0 Å². The highest BCUT2D eigenvalue weighted by atomic mass is 32.2. The topological polar surface area (TPSA) is 17.1 Å². The van der Waals surface area contributed by atoms with E-state index in [1.165, 1.54) is 0 Å². The van der Waals surface area contributed by atoms with Crippen LogP contribution >= 0.6 is 11.8 Å². The molecule has 1 unspecified atom stereocenters.